The molecular weight excluding hydrogens is 434 g/mol. The Kier molecular flexibility index (Phi) is 11.9. The molecule has 178 valence electrons. The summed E-state index contributed by atoms with van der Waals surface area (Å²) in [4.78, 5) is 46.8. The maximum atomic E-state index is 13.4. The average Bonchev–Trinajstić information content (AvgIpc) is 3.26. The van der Waals surface area contributed by atoms with E-state index in [1.807, 2.05) is 27.7 Å². The van der Waals surface area contributed by atoms with Crippen LogP contribution in [0.5, 0.6) is 0 Å². The SMILES string of the molecule is CCOC(=O)c1csc(C(=O)CC(C(C)C)N(CCOC)C(=O)[C@@H](N=[N+]=[N-])[C@@H](C)CC)n1. The van der Waals surface area contributed by atoms with Crippen LogP contribution in [0.2, 0.25) is 0 Å². The van der Waals surface area contributed by atoms with Crippen LogP contribution in [0.3, 0.4) is 0 Å². The number of thiazole rings is 1. The predicted molar refractivity (Wildman–Crippen MR) is 122 cm³/mol. The highest BCUT2D eigenvalue weighted by Gasteiger charge is 2.34. The molecule has 0 aliphatic carbocycles. The molecule has 1 unspecified atom stereocenters. The number of ketones is 1. The molecule has 0 radical (unpaired) electrons. The van der Waals surface area contributed by atoms with Gasteiger partial charge in [-0.15, -0.1) is 11.3 Å². The van der Waals surface area contributed by atoms with Gasteiger partial charge < -0.3 is 14.4 Å². The van der Waals surface area contributed by atoms with Gasteiger partial charge in [-0.2, -0.15) is 0 Å². The first kappa shape index (κ1) is 27.5. The molecule has 0 saturated heterocycles. The Bertz CT molecular complexity index is 821. The molecule has 1 rings (SSSR count). The molecule has 0 aliphatic rings. The Morgan fingerprint density at radius 1 is 1.28 bits per heavy atom. The molecule has 0 bridgehead atoms. The van der Waals surface area contributed by atoms with Crippen molar-refractivity contribution in [1.82, 2.24) is 9.88 Å². The van der Waals surface area contributed by atoms with E-state index in [4.69, 9.17) is 15.0 Å². The van der Waals surface area contributed by atoms with Gasteiger partial charge in [0.2, 0.25) is 5.91 Å². The first-order valence-electron chi connectivity index (χ1n) is 10.7. The quantitative estimate of drug-likeness (QED) is 0.133. The van der Waals surface area contributed by atoms with E-state index in [2.05, 4.69) is 15.0 Å². The highest BCUT2D eigenvalue weighted by Crippen LogP contribution is 2.23. The number of amides is 1. The van der Waals surface area contributed by atoms with Crippen LogP contribution in [0.15, 0.2) is 10.5 Å². The van der Waals surface area contributed by atoms with Crippen molar-refractivity contribution in [2.75, 3.05) is 26.9 Å². The van der Waals surface area contributed by atoms with E-state index in [1.54, 1.807) is 11.8 Å². The van der Waals surface area contributed by atoms with Crippen molar-refractivity contribution in [3.8, 4) is 0 Å². The number of azide groups is 1. The molecule has 11 heteroatoms. The molecule has 0 spiro atoms. The van der Waals surface area contributed by atoms with Crippen LogP contribution in [-0.2, 0) is 14.3 Å². The van der Waals surface area contributed by atoms with Crippen molar-refractivity contribution in [3.63, 3.8) is 0 Å². The maximum absolute atomic E-state index is 13.4. The summed E-state index contributed by atoms with van der Waals surface area (Å²) in [5.41, 5.74) is 9.07. The number of rotatable bonds is 14. The van der Waals surface area contributed by atoms with E-state index in [0.717, 1.165) is 11.3 Å². The van der Waals surface area contributed by atoms with Crippen LogP contribution < -0.4 is 0 Å². The van der Waals surface area contributed by atoms with Gasteiger partial charge in [0, 0.05) is 36.4 Å². The van der Waals surface area contributed by atoms with Gasteiger partial charge in [-0.1, -0.05) is 39.2 Å². The molecule has 32 heavy (non-hydrogen) atoms. The Hall–Kier alpha value is -2.49. The van der Waals surface area contributed by atoms with E-state index in [0.29, 0.717) is 6.42 Å². The standard InChI is InChI=1S/C21H33N5O5S/c1-7-14(5)18(24-25-22)20(28)26(9-10-30-6)16(13(3)4)11-17(27)19-23-15(12-32-19)21(29)31-8-2/h12-14,16,18H,7-11H2,1-6H3/t14-,16?,18-/m0/s1. The smallest absolute Gasteiger partial charge is 0.357 e. The van der Waals surface area contributed by atoms with E-state index in [1.165, 1.54) is 12.5 Å². The van der Waals surface area contributed by atoms with Crippen molar-refractivity contribution in [1.29, 1.82) is 0 Å². The molecular formula is C21H33N5O5S. The van der Waals surface area contributed by atoms with Crippen LogP contribution in [0.4, 0.5) is 0 Å². The Balaban J connectivity index is 3.18. The fourth-order valence-electron chi connectivity index (χ4n) is 3.17. The summed E-state index contributed by atoms with van der Waals surface area (Å²) in [6.07, 6.45) is 0.682. The summed E-state index contributed by atoms with van der Waals surface area (Å²) in [6.45, 7) is 10.1. The zero-order valence-electron chi connectivity index (χ0n) is 19.6. The molecule has 0 aromatic carbocycles. The topological polar surface area (TPSA) is 135 Å². The summed E-state index contributed by atoms with van der Waals surface area (Å²) >= 11 is 1.07. The lowest BCUT2D eigenvalue weighted by atomic mass is 9.93. The average molecular weight is 468 g/mol. The van der Waals surface area contributed by atoms with Gasteiger partial charge in [-0.3, -0.25) is 9.59 Å². The largest absolute Gasteiger partial charge is 0.461 e. The van der Waals surface area contributed by atoms with Crippen LogP contribution in [0, 0.1) is 11.8 Å². The maximum Gasteiger partial charge on any atom is 0.357 e. The molecule has 1 aromatic heterocycles. The van der Waals surface area contributed by atoms with Crippen LogP contribution in [-0.4, -0.2) is 66.5 Å². The van der Waals surface area contributed by atoms with Gasteiger partial charge >= 0.3 is 5.97 Å². The molecule has 0 aliphatic heterocycles. The summed E-state index contributed by atoms with van der Waals surface area (Å²) in [7, 11) is 1.53. The second kappa shape index (κ2) is 13.8. The fourth-order valence-corrected chi connectivity index (χ4v) is 3.91. The molecule has 1 heterocycles. The zero-order chi connectivity index (χ0) is 24.3. The third kappa shape index (κ3) is 7.58. The third-order valence-corrected chi connectivity index (χ3v) is 6.11. The molecule has 0 fully saturated rings. The summed E-state index contributed by atoms with van der Waals surface area (Å²) in [5.74, 6) is -1.40. The van der Waals surface area contributed by atoms with Gasteiger partial charge in [0.1, 0.15) is 6.04 Å². The van der Waals surface area contributed by atoms with E-state index in [9.17, 15) is 14.4 Å². The zero-order valence-corrected chi connectivity index (χ0v) is 20.4. The lowest BCUT2D eigenvalue weighted by Crippen LogP contribution is -2.50. The lowest BCUT2D eigenvalue weighted by molar-refractivity contribution is -0.137. The van der Waals surface area contributed by atoms with E-state index < -0.39 is 18.1 Å². The number of hydrogen-bond acceptors (Lipinski definition) is 8. The third-order valence-electron chi connectivity index (χ3n) is 5.22. The number of carbonyl (C=O) groups is 3. The minimum atomic E-state index is -0.867. The van der Waals surface area contributed by atoms with Crippen molar-refractivity contribution in [2.24, 2.45) is 17.0 Å². The number of nitrogens with zero attached hydrogens (tertiary/aromatic N) is 5. The molecule has 1 amide bonds. The van der Waals surface area contributed by atoms with E-state index >= 15 is 0 Å². The number of hydrogen-bond donors (Lipinski definition) is 0. The predicted octanol–water partition coefficient (Wildman–Crippen LogP) is 4.12. The minimum absolute atomic E-state index is 0.0202. The van der Waals surface area contributed by atoms with Crippen molar-refractivity contribution < 1.29 is 23.9 Å². The van der Waals surface area contributed by atoms with Gasteiger partial charge in [0.05, 0.1) is 13.2 Å². The summed E-state index contributed by atoms with van der Waals surface area (Å²) in [5, 5.41) is 5.42. The molecule has 1 aromatic rings. The first-order valence-corrected chi connectivity index (χ1v) is 11.6. The van der Waals surface area contributed by atoms with Gasteiger partial charge in [0.25, 0.3) is 0 Å². The molecule has 10 nitrogen and oxygen atoms in total. The minimum Gasteiger partial charge on any atom is -0.461 e. The second-order valence-electron chi connectivity index (χ2n) is 7.76. The summed E-state index contributed by atoms with van der Waals surface area (Å²) in [6, 6.07) is -1.32. The molecule has 3 atom stereocenters. The number of ether oxygens (including phenoxy) is 2. The Labute approximate surface area is 192 Å². The van der Waals surface area contributed by atoms with Crippen molar-refractivity contribution in [3.05, 3.63) is 26.5 Å². The Morgan fingerprint density at radius 3 is 2.50 bits per heavy atom. The summed E-state index contributed by atoms with van der Waals surface area (Å²) < 4.78 is 10.1. The number of esters is 1. The van der Waals surface area contributed by atoms with Crippen LogP contribution >= 0.6 is 11.3 Å². The lowest BCUT2D eigenvalue weighted by Gasteiger charge is -2.36. The Morgan fingerprint density at radius 2 is 1.97 bits per heavy atom. The number of Topliss-reactive ketones (excluding diaryl/α,β-unsaturated/α-hetero) is 1. The van der Waals surface area contributed by atoms with Gasteiger partial charge in [-0.05, 0) is 24.3 Å². The molecule has 0 saturated carbocycles. The first-order chi connectivity index (χ1) is 15.2. The number of aromatic nitrogens is 1. The fraction of sp³-hybridized carbons (Fsp3) is 0.714. The van der Waals surface area contributed by atoms with Gasteiger partial charge in [0.15, 0.2) is 16.5 Å². The van der Waals surface area contributed by atoms with Crippen LogP contribution in [0.25, 0.3) is 10.4 Å². The monoisotopic (exact) mass is 467 g/mol. The highest BCUT2D eigenvalue weighted by molar-refractivity contribution is 7.11. The number of methoxy groups -OCH3 is 1. The van der Waals surface area contributed by atoms with Crippen molar-refractivity contribution >= 4 is 29.0 Å². The number of carbonyl (C=O) groups excluding carboxylic acids is 3. The normalized spacial score (nSPS) is 13.7. The highest BCUT2D eigenvalue weighted by atomic mass is 32.1. The second-order valence-corrected chi connectivity index (χ2v) is 8.61. The molecule has 0 N–H and O–H groups in total. The van der Waals surface area contributed by atoms with Gasteiger partial charge in [-0.25, -0.2) is 9.78 Å². The van der Waals surface area contributed by atoms with Crippen LogP contribution in [0.1, 0.15) is 67.8 Å². The van der Waals surface area contributed by atoms with E-state index in [-0.39, 0.29) is 60.4 Å². The van der Waals surface area contributed by atoms with Crippen molar-refractivity contribution in [2.45, 2.75) is 59.5 Å².